The smallest absolute Gasteiger partial charge is 0.120 e. The molecule has 1 unspecified atom stereocenters. The summed E-state index contributed by atoms with van der Waals surface area (Å²) in [7, 11) is 4.18. The fourth-order valence-electron chi connectivity index (χ4n) is 1.20. The van der Waals surface area contributed by atoms with E-state index in [9.17, 15) is 4.79 Å². The molecule has 0 rings (SSSR count). The lowest BCUT2D eigenvalue weighted by Crippen LogP contribution is -2.13. The first-order chi connectivity index (χ1) is 5.66. The molecule has 0 fully saturated rings. The second-order valence-corrected chi connectivity index (χ2v) is 3.81. The molecular weight excluding hydrogens is 150 g/mol. The average Bonchev–Trinajstić information content (AvgIpc) is 1.98. The van der Waals surface area contributed by atoms with Gasteiger partial charge in [0.15, 0.2) is 0 Å². The van der Waals surface area contributed by atoms with Gasteiger partial charge < -0.3 is 9.69 Å². The Labute approximate surface area is 75.9 Å². The number of nitrogens with zero attached hydrogens (tertiary/aromatic N) is 1. The van der Waals surface area contributed by atoms with Crippen LogP contribution in [0.4, 0.5) is 0 Å². The standard InChI is InChI=1S/C10H21NO/c1-10(7-9-12)6-4-5-8-11(2)3/h9-10H,4-8H2,1-3H3. The Balaban J connectivity index is 3.13. The van der Waals surface area contributed by atoms with Gasteiger partial charge in [-0.3, -0.25) is 0 Å². The summed E-state index contributed by atoms with van der Waals surface area (Å²) in [6, 6.07) is 0. The molecule has 72 valence electrons. The van der Waals surface area contributed by atoms with Crippen molar-refractivity contribution in [1.82, 2.24) is 4.90 Å². The van der Waals surface area contributed by atoms with Gasteiger partial charge in [-0.15, -0.1) is 0 Å². The van der Waals surface area contributed by atoms with Gasteiger partial charge >= 0.3 is 0 Å². The summed E-state index contributed by atoms with van der Waals surface area (Å²) in [4.78, 5) is 12.3. The SMILES string of the molecule is CC(CC=O)CCCCN(C)C. The predicted molar refractivity (Wildman–Crippen MR) is 52.3 cm³/mol. The molecule has 0 N–H and O–H groups in total. The Morgan fingerprint density at radius 1 is 1.33 bits per heavy atom. The van der Waals surface area contributed by atoms with Crippen molar-refractivity contribution >= 4 is 6.29 Å². The molecule has 2 nitrogen and oxygen atoms in total. The highest BCUT2D eigenvalue weighted by Gasteiger charge is 2.00. The van der Waals surface area contributed by atoms with E-state index in [4.69, 9.17) is 0 Å². The first-order valence-electron chi connectivity index (χ1n) is 4.75. The largest absolute Gasteiger partial charge is 0.309 e. The molecule has 12 heavy (non-hydrogen) atoms. The summed E-state index contributed by atoms with van der Waals surface area (Å²) < 4.78 is 0. The molecule has 0 radical (unpaired) electrons. The van der Waals surface area contributed by atoms with Crippen LogP contribution in [0.3, 0.4) is 0 Å². The zero-order chi connectivity index (χ0) is 9.40. The van der Waals surface area contributed by atoms with E-state index in [-0.39, 0.29) is 0 Å². The molecule has 1 atom stereocenters. The molecule has 0 aromatic rings. The summed E-state index contributed by atoms with van der Waals surface area (Å²) >= 11 is 0. The van der Waals surface area contributed by atoms with Crippen LogP contribution < -0.4 is 0 Å². The van der Waals surface area contributed by atoms with Gasteiger partial charge in [-0.25, -0.2) is 0 Å². The monoisotopic (exact) mass is 171 g/mol. The van der Waals surface area contributed by atoms with Crippen molar-refractivity contribution in [3.63, 3.8) is 0 Å². The lowest BCUT2D eigenvalue weighted by atomic mass is 10.0. The zero-order valence-electron chi connectivity index (χ0n) is 8.55. The fourth-order valence-corrected chi connectivity index (χ4v) is 1.20. The van der Waals surface area contributed by atoms with Gasteiger partial charge in [0, 0.05) is 6.42 Å². The van der Waals surface area contributed by atoms with Crippen LogP contribution in [-0.2, 0) is 4.79 Å². The zero-order valence-corrected chi connectivity index (χ0v) is 8.55. The van der Waals surface area contributed by atoms with Gasteiger partial charge in [0.05, 0.1) is 0 Å². The molecule has 0 aliphatic carbocycles. The quantitative estimate of drug-likeness (QED) is 0.431. The van der Waals surface area contributed by atoms with Crippen molar-refractivity contribution in [2.24, 2.45) is 5.92 Å². The summed E-state index contributed by atoms with van der Waals surface area (Å²) in [6.07, 6.45) is 5.43. The molecule has 0 aromatic carbocycles. The van der Waals surface area contributed by atoms with Gasteiger partial charge in [0.1, 0.15) is 6.29 Å². The van der Waals surface area contributed by atoms with E-state index in [1.54, 1.807) is 0 Å². The minimum atomic E-state index is 0.574. The van der Waals surface area contributed by atoms with E-state index in [0.717, 1.165) is 19.3 Å². The van der Waals surface area contributed by atoms with E-state index < -0.39 is 0 Å². The minimum absolute atomic E-state index is 0.574. The third kappa shape index (κ3) is 7.73. The summed E-state index contributed by atoms with van der Waals surface area (Å²) in [5, 5.41) is 0. The van der Waals surface area contributed by atoms with Crippen molar-refractivity contribution in [2.75, 3.05) is 20.6 Å². The van der Waals surface area contributed by atoms with Crippen LogP contribution in [0, 0.1) is 5.92 Å². The molecule has 0 aliphatic heterocycles. The summed E-state index contributed by atoms with van der Waals surface area (Å²) in [5.41, 5.74) is 0. The molecule has 0 spiro atoms. The molecule has 0 saturated carbocycles. The van der Waals surface area contributed by atoms with Gasteiger partial charge in [-0.2, -0.15) is 0 Å². The van der Waals surface area contributed by atoms with E-state index in [2.05, 4.69) is 25.9 Å². The minimum Gasteiger partial charge on any atom is -0.309 e. The van der Waals surface area contributed by atoms with E-state index in [1.165, 1.54) is 19.3 Å². The number of carbonyl (C=O) groups is 1. The third-order valence-corrected chi connectivity index (χ3v) is 2.05. The Bertz CT molecular complexity index is 112. The van der Waals surface area contributed by atoms with Crippen molar-refractivity contribution < 1.29 is 4.79 Å². The Morgan fingerprint density at radius 2 is 2.00 bits per heavy atom. The Kier molecular flexibility index (Phi) is 7.06. The van der Waals surface area contributed by atoms with Crippen LogP contribution in [0.2, 0.25) is 0 Å². The van der Waals surface area contributed by atoms with E-state index in [1.807, 2.05) is 0 Å². The van der Waals surface area contributed by atoms with Crippen LogP contribution in [-0.4, -0.2) is 31.8 Å². The predicted octanol–water partition coefficient (Wildman–Crippen LogP) is 1.94. The maximum absolute atomic E-state index is 10.1. The van der Waals surface area contributed by atoms with Crippen LogP contribution >= 0.6 is 0 Å². The number of carbonyl (C=O) groups excluding carboxylic acids is 1. The van der Waals surface area contributed by atoms with Gasteiger partial charge in [0.2, 0.25) is 0 Å². The molecular formula is C10H21NO. The van der Waals surface area contributed by atoms with Crippen LogP contribution in [0.5, 0.6) is 0 Å². The number of unbranched alkanes of at least 4 members (excludes halogenated alkanes) is 1. The van der Waals surface area contributed by atoms with Crippen molar-refractivity contribution in [1.29, 1.82) is 0 Å². The maximum Gasteiger partial charge on any atom is 0.120 e. The summed E-state index contributed by atoms with van der Waals surface area (Å²) in [6.45, 7) is 3.30. The second-order valence-electron chi connectivity index (χ2n) is 3.81. The van der Waals surface area contributed by atoms with Crippen molar-refractivity contribution in [3.05, 3.63) is 0 Å². The molecule has 0 bridgehead atoms. The van der Waals surface area contributed by atoms with Crippen molar-refractivity contribution in [3.8, 4) is 0 Å². The number of hydrogen-bond donors (Lipinski definition) is 0. The van der Waals surface area contributed by atoms with Gasteiger partial charge in [-0.1, -0.05) is 19.8 Å². The molecule has 0 saturated heterocycles. The third-order valence-electron chi connectivity index (χ3n) is 2.05. The number of rotatable bonds is 7. The highest BCUT2D eigenvalue weighted by Crippen LogP contribution is 2.10. The first kappa shape index (κ1) is 11.6. The first-order valence-corrected chi connectivity index (χ1v) is 4.75. The number of hydrogen-bond acceptors (Lipinski definition) is 2. The average molecular weight is 171 g/mol. The topological polar surface area (TPSA) is 20.3 Å². The van der Waals surface area contributed by atoms with Crippen molar-refractivity contribution in [2.45, 2.75) is 32.6 Å². The van der Waals surface area contributed by atoms with Crippen LogP contribution in [0.25, 0.3) is 0 Å². The highest BCUT2D eigenvalue weighted by atomic mass is 16.1. The molecule has 0 aliphatic rings. The van der Waals surface area contributed by atoms with E-state index in [0.29, 0.717) is 5.92 Å². The fraction of sp³-hybridized carbons (Fsp3) is 0.900. The molecule has 2 heteroatoms. The Morgan fingerprint density at radius 3 is 2.50 bits per heavy atom. The van der Waals surface area contributed by atoms with E-state index >= 15 is 0 Å². The maximum atomic E-state index is 10.1. The lowest BCUT2D eigenvalue weighted by molar-refractivity contribution is -0.108. The molecule has 0 amide bonds. The summed E-state index contributed by atoms with van der Waals surface area (Å²) in [5.74, 6) is 0.574. The normalized spacial score (nSPS) is 13.3. The molecule has 0 aromatic heterocycles. The highest BCUT2D eigenvalue weighted by molar-refractivity contribution is 5.49. The lowest BCUT2D eigenvalue weighted by Gasteiger charge is -2.10. The van der Waals surface area contributed by atoms with Gasteiger partial charge in [0.25, 0.3) is 0 Å². The van der Waals surface area contributed by atoms with Gasteiger partial charge in [-0.05, 0) is 33.0 Å². The number of aldehydes is 1. The van der Waals surface area contributed by atoms with Crippen LogP contribution in [0.1, 0.15) is 32.6 Å². The molecule has 0 heterocycles. The second kappa shape index (κ2) is 7.29. The Hall–Kier alpha value is -0.370. The van der Waals surface area contributed by atoms with Crippen LogP contribution in [0.15, 0.2) is 0 Å².